The number of benzene rings is 2. The molecule has 2 rings (SSSR count). The summed E-state index contributed by atoms with van der Waals surface area (Å²) in [7, 11) is 0. The number of hydrogen-bond acceptors (Lipinski definition) is 3. The van der Waals surface area contributed by atoms with Crippen LogP contribution in [-0.4, -0.2) is 5.11 Å². The molecule has 3 nitrogen and oxygen atoms in total. The maximum Gasteiger partial charge on any atom is 0.125 e. The molecule has 0 bridgehead atoms. The number of rotatable bonds is 4. The van der Waals surface area contributed by atoms with Crippen LogP contribution in [0, 0.1) is 25.2 Å². The predicted molar refractivity (Wildman–Crippen MR) is 77.3 cm³/mol. The Morgan fingerprint density at radius 2 is 1.65 bits per heavy atom. The summed E-state index contributed by atoms with van der Waals surface area (Å²) in [5.41, 5.74) is 4.60. The second kappa shape index (κ2) is 6.23. The standard InChI is InChI=1S/C17H17NO2/c1-12-7-16(10-19)8-13(2)17(12)20-11-15-5-3-14(9-18)4-6-15/h3-8,19H,10-11H2,1-2H3. The zero-order valence-electron chi connectivity index (χ0n) is 11.7. The van der Waals surface area contributed by atoms with Crippen LogP contribution in [0.4, 0.5) is 0 Å². The minimum atomic E-state index is 0.0393. The normalized spacial score (nSPS) is 10.1. The molecule has 0 atom stereocenters. The molecule has 0 amide bonds. The summed E-state index contributed by atoms with van der Waals surface area (Å²) in [4.78, 5) is 0. The van der Waals surface area contributed by atoms with E-state index in [4.69, 9.17) is 15.1 Å². The van der Waals surface area contributed by atoms with Crippen LogP contribution < -0.4 is 4.74 Å². The van der Waals surface area contributed by atoms with Crippen LogP contribution in [0.3, 0.4) is 0 Å². The molecular formula is C17H17NO2. The highest BCUT2D eigenvalue weighted by molar-refractivity contribution is 5.43. The summed E-state index contributed by atoms with van der Waals surface area (Å²) in [5, 5.41) is 17.9. The van der Waals surface area contributed by atoms with Gasteiger partial charge in [0.05, 0.1) is 18.2 Å². The number of aryl methyl sites for hydroxylation is 2. The van der Waals surface area contributed by atoms with Crippen molar-refractivity contribution in [1.82, 2.24) is 0 Å². The van der Waals surface area contributed by atoms with Crippen molar-refractivity contribution in [3.05, 3.63) is 64.2 Å². The second-order valence-corrected chi connectivity index (χ2v) is 4.81. The van der Waals surface area contributed by atoms with Gasteiger partial charge in [-0.05, 0) is 48.2 Å². The summed E-state index contributed by atoms with van der Waals surface area (Å²) in [6, 6.07) is 13.3. The van der Waals surface area contributed by atoms with Crippen LogP contribution in [0.5, 0.6) is 5.75 Å². The summed E-state index contributed by atoms with van der Waals surface area (Å²) in [6.45, 7) is 4.45. The fraction of sp³-hybridized carbons (Fsp3) is 0.235. The van der Waals surface area contributed by atoms with E-state index in [0.717, 1.165) is 28.0 Å². The Morgan fingerprint density at radius 1 is 1.05 bits per heavy atom. The van der Waals surface area contributed by atoms with Gasteiger partial charge < -0.3 is 9.84 Å². The monoisotopic (exact) mass is 267 g/mol. The first-order chi connectivity index (χ1) is 9.63. The van der Waals surface area contributed by atoms with Crippen LogP contribution in [0.1, 0.15) is 27.8 Å². The zero-order valence-corrected chi connectivity index (χ0v) is 11.7. The van der Waals surface area contributed by atoms with E-state index in [-0.39, 0.29) is 6.61 Å². The third-order valence-corrected chi connectivity index (χ3v) is 3.17. The highest BCUT2D eigenvalue weighted by atomic mass is 16.5. The van der Waals surface area contributed by atoms with Gasteiger partial charge in [0.1, 0.15) is 12.4 Å². The molecule has 0 spiro atoms. The van der Waals surface area contributed by atoms with Gasteiger partial charge >= 0.3 is 0 Å². The summed E-state index contributed by atoms with van der Waals surface area (Å²) < 4.78 is 5.86. The molecule has 0 heterocycles. The van der Waals surface area contributed by atoms with Crippen molar-refractivity contribution < 1.29 is 9.84 Å². The summed E-state index contributed by atoms with van der Waals surface area (Å²) in [6.07, 6.45) is 0. The van der Waals surface area contributed by atoms with Crippen LogP contribution in [-0.2, 0) is 13.2 Å². The molecule has 3 heteroatoms. The molecule has 0 radical (unpaired) electrons. The van der Waals surface area contributed by atoms with Crippen molar-refractivity contribution in [1.29, 1.82) is 5.26 Å². The fourth-order valence-electron chi connectivity index (χ4n) is 2.19. The maximum absolute atomic E-state index is 9.17. The Hall–Kier alpha value is -2.31. The average Bonchev–Trinajstić information content (AvgIpc) is 2.46. The maximum atomic E-state index is 9.17. The minimum absolute atomic E-state index is 0.0393. The van der Waals surface area contributed by atoms with Gasteiger partial charge in [-0.2, -0.15) is 5.26 Å². The van der Waals surface area contributed by atoms with Gasteiger partial charge in [0.15, 0.2) is 0 Å². The molecule has 2 aromatic carbocycles. The Balaban J connectivity index is 2.12. The molecule has 0 aliphatic carbocycles. The third-order valence-electron chi connectivity index (χ3n) is 3.17. The molecule has 102 valence electrons. The van der Waals surface area contributed by atoms with Crippen molar-refractivity contribution in [2.45, 2.75) is 27.1 Å². The lowest BCUT2D eigenvalue weighted by Gasteiger charge is -2.13. The van der Waals surface area contributed by atoms with Crippen LogP contribution in [0.15, 0.2) is 36.4 Å². The Kier molecular flexibility index (Phi) is 4.39. The van der Waals surface area contributed by atoms with Crippen molar-refractivity contribution in [3.63, 3.8) is 0 Å². The average molecular weight is 267 g/mol. The van der Waals surface area contributed by atoms with E-state index < -0.39 is 0 Å². The highest BCUT2D eigenvalue weighted by Gasteiger charge is 2.06. The van der Waals surface area contributed by atoms with Crippen molar-refractivity contribution in [2.75, 3.05) is 0 Å². The molecule has 2 aromatic rings. The topological polar surface area (TPSA) is 53.2 Å². The molecule has 0 aliphatic heterocycles. The van der Waals surface area contributed by atoms with E-state index >= 15 is 0 Å². The number of ether oxygens (including phenoxy) is 1. The summed E-state index contributed by atoms with van der Waals surface area (Å²) >= 11 is 0. The number of nitriles is 1. The van der Waals surface area contributed by atoms with Gasteiger partial charge in [-0.3, -0.25) is 0 Å². The van der Waals surface area contributed by atoms with Gasteiger partial charge in [-0.15, -0.1) is 0 Å². The first-order valence-corrected chi connectivity index (χ1v) is 6.47. The largest absolute Gasteiger partial charge is 0.488 e. The van der Waals surface area contributed by atoms with Gasteiger partial charge in [0.2, 0.25) is 0 Å². The molecule has 0 saturated heterocycles. The molecule has 20 heavy (non-hydrogen) atoms. The minimum Gasteiger partial charge on any atom is -0.488 e. The fourth-order valence-corrected chi connectivity index (χ4v) is 2.19. The summed E-state index contributed by atoms with van der Waals surface area (Å²) in [5.74, 6) is 0.853. The van der Waals surface area contributed by atoms with Gasteiger partial charge in [0.25, 0.3) is 0 Å². The molecule has 0 saturated carbocycles. The lowest BCUT2D eigenvalue weighted by molar-refractivity contribution is 0.280. The van der Waals surface area contributed by atoms with Crippen molar-refractivity contribution >= 4 is 0 Å². The number of aliphatic hydroxyl groups is 1. The molecule has 1 N–H and O–H groups in total. The number of nitrogens with zero attached hydrogens (tertiary/aromatic N) is 1. The van der Waals surface area contributed by atoms with Crippen molar-refractivity contribution in [3.8, 4) is 11.8 Å². The quantitative estimate of drug-likeness (QED) is 0.925. The van der Waals surface area contributed by atoms with Gasteiger partial charge in [-0.25, -0.2) is 0 Å². The molecular weight excluding hydrogens is 250 g/mol. The van der Waals surface area contributed by atoms with Crippen LogP contribution in [0.2, 0.25) is 0 Å². The second-order valence-electron chi connectivity index (χ2n) is 4.81. The lowest BCUT2D eigenvalue weighted by atomic mass is 10.1. The SMILES string of the molecule is Cc1cc(CO)cc(C)c1OCc1ccc(C#N)cc1. The lowest BCUT2D eigenvalue weighted by Crippen LogP contribution is -2.00. The first-order valence-electron chi connectivity index (χ1n) is 6.47. The molecule has 0 aromatic heterocycles. The molecule has 0 fully saturated rings. The van der Waals surface area contributed by atoms with Gasteiger partial charge in [0, 0.05) is 0 Å². The Bertz CT molecular complexity index is 616. The smallest absolute Gasteiger partial charge is 0.125 e. The number of hydrogen-bond donors (Lipinski definition) is 1. The number of aliphatic hydroxyl groups excluding tert-OH is 1. The highest BCUT2D eigenvalue weighted by Crippen LogP contribution is 2.25. The van der Waals surface area contributed by atoms with Crippen LogP contribution in [0.25, 0.3) is 0 Å². The third kappa shape index (κ3) is 3.17. The van der Waals surface area contributed by atoms with Gasteiger partial charge in [-0.1, -0.05) is 24.3 Å². The zero-order chi connectivity index (χ0) is 14.5. The van der Waals surface area contributed by atoms with E-state index in [1.54, 1.807) is 12.1 Å². The van der Waals surface area contributed by atoms with E-state index in [1.807, 2.05) is 38.1 Å². The van der Waals surface area contributed by atoms with Crippen molar-refractivity contribution in [2.24, 2.45) is 0 Å². The van der Waals surface area contributed by atoms with E-state index in [2.05, 4.69) is 6.07 Å². The first kappa shape index (κ1) is 14.1. The van der Waals surface area contributed by atoms with Crippen LogP contribution >= 0.6 is 0 Å². The van der Waals surface area contributed by atoms with E-state index in [0.29, 0.717) is 12.2 Å². The Morgan fingerprint density at radius 3 is 2.15 bits per heavy atom. The predicted octanol–water partition coefficient (Wildman–Crippen LogP) is 3.25. The Labute approximate surface area is 119 Å². The van der Waals surface area contributed by atoms with E-state index in [9.17, 15) is 0 Å². The molecule has 0 aliphatic rings. The van der Waals surface area contributed by atoms with E-state index in [1.165, 1.54) is 0 Å². The molecule has 0 unspecified atom stereocenters.